The SMILES string of the molecule is CC1=N[C@H](c2ccccc2)c2ccccc2N1. The van der Waals surface area contributed by atoms with Gasteiger partial charge in [0.05, 0.1) is 5.84 Å². The van der Waals surface area contributed by atoms with Crippen LogP contribution in [0.4, 0.5) is 5.69 Å². The van der Waals surface area contributed by atoms with Crippen LogP contribution < -0.4 is 5.32 Å². The highest BCUT2D eigenvalue weighted by molar-refractivity contribution is 5.96. The molecule has 1 heterocycles. The van der Waals surface area contributed by atoms with Crippen LogP contribution in [-0.2, 0) is 0 Å². The number of aliphatic imine (C=N–C) groups is 1. The molecule has 0 unspecified atom stereocenters. The lowest BCUT2D eigenvalue weighted by molar-refractivity contribution is 0.861. The normalized spacial score (nSPS) is 17.9. The van der Waals surface area contributed by atoms with Gasteiger partial charge in [0.1, 0.15) is 6.04 Å². The number of anilines is 1. The zero-order valence-electron chi connectivity index (χ0n) is 9.72. The van der Waals surface area contributed by atoms with E-state index in [-0.39, 0.29) is 6.04 Å². The molecule has 84 valence electrons. The number of amidine groups is 1. The smallest absolute Gasteiger partial charge is 0.104 e. The minimum absolute atomic E-state index is 0.119. The molecule has 0 bridgehead atoms. The maximum Gasteiger partial charge on any atom is 0.104 e. The van der Waals surface area contributed by atoms with Crippen molar-refractivity contribution in [3.05, 3.63) is 65.7 Å². The summed E-state index contributed by atoms with van der Waals surface area (Å²) < 4.78 is 0. The Morgan fingerprint density at radius 3 is 2.47 bits per heavy atom. The largest absolute Gasteiger partial charge is 0.344 e. The van der Waals surface area contributed by atoms with Gasteiger partial charge in [0.25, 0.3) is 0 Å². The molecule has 3 rings (SSSR count). The van der Waals surface area contributed by atoms with Crippen LogP contribution in [0.25, 0.3) is 0 Å². The summed E-state index contributed by atoms with van der Waals surface area (Å²) in [5.74, 6) is 0.970. The van der Waals surface area contributed by atoms with Crippen molar-refractivity contribution < 1.29 is 0 Å². The first-order chi connectivity index (χ1) is 8.34. The Hall–Kier alpha value is -2.09. The number of fused-ring (bicyclic) bond motifs is 1. The van der Waals surface area contributed by atoms with E-state index in [9.17, 15) is 0 Å². The number of hydrogen-bond acceptors (Lipinski definition) is 2. The molecule has 17 heavy (non-hydrogen) atoms. The molecule has 0 spiro atoms. The quantitative estimate of drug-likeness (QED) is 0.783. The van der Waals surface area contributed by atoms with Gasteiger partial charge in [-0.1, -0.05) is 48.5 Å². The van der Waals surface area contributed by atoms with E-state index in [1.165, 1.54) is 11.1 Å². The number of nitrogens with zero attached hydrogens (tertiary/aromatic N) is 1. The van der Waals surface area contributed by atoms with Crippen molar-refractivity contribution in [3.63, 3.8) is 0 Å². The zero-order chi connectivity index (χ0) is 11.7. The second-order valence-corrected chi connectivity index (χ2v) is 4.24. The summed E-state index contributed by atoms with van der Waals surface area (Å²) in [7, 11) is 0. The summed E-state index contributed by atoms with van der Waals surface area (Å²) in [6.45, 7) is 2.01. The summed E-state index contributed by atoms with van der Waals surface area (Å²) in [6.07, 6.45) is 0. The molecule has 0 amide bonds. The molecule has 1 aliphatic rings. The van der Waals surface area contributed by atoms with E-state index in [1.54, 1.807) is 0 Å². The first kappa shape index (κ1) is 10.1. The molecule has 1 N–H and O–H groups in total. The van der Waals surface area contributed by atoms with E-state index < -0.39 is 0 Å². The fraction of sp³-hybridized carbons (Fsp3) is 0.133. The van der Waals surface area contributed by atoms with E-state index in [0.717, 1.165) is 11.5 Å². The number of para-hydroxylation sites is 1. The Morgan fingerprint density at radius 1 is 0.941 bits per heavy atom. The summed E-state index contributed by atoms with van der Waals surface area (Å²) in [5, 5.41) is 3.31. The molecule has 1 atom stereocenters. The van der Waals surface area contributed by atoms with Gasteiger partial charge in [-0.3, -0.25) is 4.99 Å². The van der Waals surface area contributed by atoms with Crippen molar-refractivity contribution >= 4 is 11.5 Å². The van der Waals surface area contributed by atoms with Gasteiger partial charge in [-0.05, 0) is 18.6 Å². The summed E-state index contributed by atoms with van der Waals surface area (Å²) in [5.41, 5.74) is 3.64. The van der Waals surface area contributed by atoms with E-state index in [1.807, 2.05) is 19.1 Å². The minimum Gasteiger partial charge on any atom is -0.344 e. The molecule has 0 saturated carbocycles. The third-order valence-corrected chi connectivity index (χ3v) is 3.01. The third-order valence-electron chi connectivity index (χ3n) is 3.01. The predicted molar refractivity (Wildman–Crippen MR) is 71.5 cm³/mol. The highest BCUT2D eigenvalue weighted by Gasteiger charge is 2.20. The molecule has 0 radical (unpaired) electrons. The van der Waals surface area contributed by atoms with E-state index in [4.69, 9.17) is 4.99 Å². The van der Waals surface area contributed by atoms with Gasteiger partial charge in [0.15, 0.2) is 0 Å². The highest BCUT2D eigenvalue weighted by atomic mass is 15.0. The standard InChI is InChI=1S/C15H14N2/c1-11-16-14-10-6-5-9-13(14)15(17-11)12-7-3-2-4-8-12/h2-10,15H,1H3,(H,16,17)/t15-/m1/s1. The lowest BCUT2D eigenvalue weighted by atomic mass is 9.96. The molecule has 2 aromatic carbocycles. The Morgan fingerprint density at radius 2 is 1.65 bits per heavy atom. The third kappa shape index (κ3) is 1.82. The van der Waals surface area contributed by atoms with E-state index >= 15 is 0 Å². The number of rotatable bonds is 1. The molecule has 1 aliphatic heterocycles. The van der Waals surface area contributed by atoms with Crippen LogP contribution in [0.1, 0.15) is 24.1 Å². The van der Waals surface area contributed by atoms with Crippen LogP contribution in [0.5, 0.6) is 0 Å². The fourth-order valence-corrected chi connectivity index (χ4v) is 2.23. The maximum atomic E-state index is 4.70. The number of benzene rings is 2. The van der Waals surface area contributed by atoms with E-state index in [0.29, 0.717) is 0 Å². The number of hydrogen-bond donors (Lipinski definition) is 1. The molecular formula is C15H14N2. The average molecular weight is 222 g/mol. The Bertz CT molecular complexity index is 558. The van der Waals surface area contributed by atoms with Crippen molar-refractivity contribution in [2.24, 2.45) is 4.99 Å². The van der Waals surface area contributed by atoms with Gasteiger partial charge < -0.3 is 5.32 Å². The van der Waals surface area contributed by atoms with Crippen LogP contribution in [0.2, 0.25) is 0 Å². The molecule has 0 aliphatic carbocycles. The minimum atomic E-state index is 0.119. The Kier molecular flexibility index (Phi) is 2.41. The Balaban J connectivity index is 2.12. The van der Waals surface area contributed by atoms with Crippen LogP contribution in [0, 0.1) is 0 Å². The van der Waals surface area contributed by atoms with Crippen LogP contribution >= 0.6 is 0 Å². The van der Waals surface area contributed by atoms with Gasteiger partial charge in [-0.25, -0.2) is 0 Å². The zero-order valence-corrected chi connectivity index (χ0v) is 9.72. The second-order valence-electron chi connectivity index (χ2n) is 4.24. The van der Waals surface area contributed by atoms with E-state index in [2.05, 4.69) is 47.8 Å². The summed E-state index contributed by atoms with van der Waals surface area (Å²) in [6, 6.07) is 18.9. The lowest BCUT2D eigenvalue weighted by Crippen LogP contribution is -2.18. The van der Waals surface area contributed by atoms with Gasteiger partial charge >= 0.3 is 0 Å². The molecule has 0 aromatic heterocycles. The fourth-order valence-electron chi connectivity index (χ4n) is 2.23. The van der Waals surface area contributed by atoms with Crippen molar-refractivity contribution in [1.82, 2.24) is 0 Å². The molecule has 2 aromatic rings. The topological polar surface area (TPSA) is 24.4 Å². The van der Waals surface area contributed by atoms with Crippen molar-refractivity contribution in [1.29, 1.82) is 0 Å². The van der Waals surface area contributed by atoms with Crippen LogP contribution in [0.15, 0.2) is 59.6 Å². The first-order valence-corrected chi connectivity index (χ1v) is 5.80. The Labute approximate surface area is 101 Å². The molecule has 0 fully saturated rings. The van der Waals surface area contributed by atoms with Crippen molar-refractivity contribution in [2.45, 2.75) is 13.0 Å². The maximum absolute atomic E-state index is 4.70. The van der Waals surface area contributed by atoms with Crippen LogP contribution in [0.3, 0.4) is 0 Å². The van der Waals surface area contributed by atoms with Gasteiger partial charge in [0.2, 0.25) is 0 Å². The van der Waals surface area contributed by atoms with Gasteiger partial charge in [-0.2, -0.15) is 0 Å². The predicted octanol–water partition coefficient (Wildman–Crippen LogP) is 3.62. The average Bonchev–Trinajstić information content (AvgIpc) is 2.39. The molecule has 2 heteroatoms. The lowest BCUT2D eigenvalue weighted by Gasteiger charge is -2.24. The van der Waals surface area contributed by atoms with Crippen LogP contribution in [-0.4, -0.2) is 5.84 Å². The monoisotopic (exact) mass is 222 g/mol. The molecule has 2 nitrogen and oxygen atoms in total. The number of nitrogens with one attached hydrogen (secondary N) is 1. The molecular weight excluding hydrogens is 208 g/mol. The molecule has 0 saturated heterocycles. The van der Waals surface area contributed by atoms with Crippen molar-refractivity contribution in [3.8, 4) is 0 Å². The van der Waals surface area contributed by atoms with Gasteiger partial charge in [-0.15, -0.1) is 0 Å². The second kappa shape index (κ2) is 4.06. The van der Waals surface area contributed by atoms with Gasteiger partial charge in [0, 0.05) is 11.3 Å². The first-order valence-electron chi connectivity index (χ1n) is 5.80. The van der Waals surface area contributed by atoms with Crippen molar-refractivity contribution in [2.75, 3.05) is 5.32 Å². The highest BCUT2D eigenvalue weighted by Crippen LogP contribution is 2.34. The summed E-state index contributed by atoms with van der Waals surface area (Å²) in [4.78, 5) is 4.70. The summed E-state index contributed by atoms with van der Waals surface area (Å²) >= 11 is 0.